The van der Waals surface area contributed by atoms with E-state index in [1.54, 1.807) is 0 Å². The predicted molar refractivity (Wildman–Crippen MR) is 88.1 cm³/mol. The molecule has 0 aromatic heterocycles. The number of ketones is 1. The third-order valence-corrected chi connectivity index (χ3v) is 4.46. The molecule has 2 fully saturated rings. The molecule has 4 heteroatoms. The summed E-state index contributed by atoms with van der Waals surface area (Å²) in [5.41, 5.74) is 3.53. The zero-order valence-electron chi connectivity index (χ0n) is 13.0. The van der Waals surface area contributed by atoms with E-state index in [0.717, 1.165) is 51.3 Å². The normalized spacial score (nSPS) is 22.9. The van der Waals surface area contributed by atoms with Gasteiger partial charge in [0.1, 0.15) is 0 Å². The van der Waals surface area contributed by atoms with Crippen LogP contribution in [0.1, 0.15) is 24.8 Å². The predicted octanol–water partition coefficient (Wildman–Crippen LogP) is 2.29. The van der Waals surface area contributed by atoms with Gasteiger partial charge >= 0.3 is 0 Å². The van der Waals surface area contributed by atoms with Crippen molar-refractivity contribution >= 4 is 11.5 Å². The lowest BCUT2D eigenvalue weighted by Gasteiger charge is -2.29. The fourth-order valence-corrected chi connectivity index (χ4v) is 3.07. The molecule has 2 aliphatic rings. The number of nitrogens with zero attached hydrogens (tertiary/aromatic N) is 1. The van der Waals surface area contributed by atoms with Crippen molar-refractivity contribution in [2.45, 2.75) is 31.8 Å². The fraction of sp³-hybridized carbons (Fsp3) is 0.500. The smallest absolute Gasteiger partial charge is 0.153 e. The third-order valence-electron chi connectivity index (χ3n) is 4.46. The summed E-state index contributed by atoms with van der Waals surface area (Å²) in [4.78, 5) is 14.3. The molecular formula is C18H24N2O2. The highest BCUT2D eigenvalue weighted by Gasteiger charge is 2.23. The zero-order valence-corrected chi connectivity index (χ0v) is 13.0. The SMILES string of the molecule is C=C1CCC(NCc2ccc(N3CCOCC3)cc2)C(=O)C1. The minimum atomic E-state index is -0.00980. The molecule has 1 unspecified atom stereocenters. The molecule has 118 valence electrons. The Labute approximate surface area is 132 Å². The number of Topliss-reactive ketones (excluding diaryl/α,β-unsaturated/α-hetero) is 1. The third kappa shape index (κ3) is 3.76. The van der Waals surface area contributed by atoms with Gasteiger partial charge in [-0.1, -0.05) is 24.3 Å². The van der Waals surface area contributed by atoms with Crippen molar-refractivity contribution in [3.63, 3.8) is 0 Å². The molecule has 3 rings (SSSR count). The molecule has 0 bridgehead atoms. The summed E-state index contributed by atoms with van der Waals surface area (Å²) in [6, 6.07) is 8.60. The Morgan fingerprint density at radius 2 is 1.95 bits per heavy atom. The standard InChI is InChI=1S/C18H24N2O2/c1-14-2-7-17(18(21)12-14)19-13-15-3-5-16(6-4-15)20-8-10-22-11-9-20/h3-6,17,19H,1-2,7-13H2. The Morgan fingerprint density at radius 3 is 2.64 bits per heavy atom. The first kappa shape index (κ1) is 15.3. The molecule has 1 atom stereocenters. The maximum Gasteiger partial charge on any atom is 0.153 e. The number of rotatable bonds is 4. The second-order valence-corrected chi connectivity index (χ2v) is 6.13. The summed E-state index contributed by atoms with van der Waals surface area (Å²) in [6.45, 7) is 8.17. The van der Waals surface area contributed by atoms with Crippen molar-refractivity contribution < 1.29 is 9.53 Å². The molecule has 1 N–H and O–H groups in total. The largest absolute Gasteiger partial charge is 0.378 e. The van der Waals surface area contributed by atoms with Crippen LogP contribution in [-0.4, -0.2) is 38.1 Å². The van der Waals surface area contributed by atoms with E-state index in [0.29, 0.717) is 6.42 Å². The summed E-state index contributed by atoms with van der Waals surface area (Å²) in [6.07, 6.45) is 2.37. The molecule has 0 spiro atoms. The first-order valence-electron chi connectivity index (χ1n) is 8.07. The molecule has 1 heterocycles. The van der Waals surface area contributed by atoms with Gasteiger partial charge in [0, 0.05) is 31.7 Å². The van der Waals surface area contributed by atoms with E-state index in [9.17, 15) is 4.79 Å². The minimum Gasteiger partial charge on any atom is -0.378 e. The van der Waals surface area contributed by atoms with Gasteiger partial charge in [-0.2, -0.15) is 0 Å². The van der Waals surface area contributed by atoms with Crippen LogP contribution in [0.15, 0.2) is 36.4 Å². The molecule has 1 aromatic carbocycles. The molecule has 1 saturated carbocycles. The van der Waals surface area contributed by atoms with Gasteiger partial charge in [0.05, 0.1) is 19.3 Å². The van der Waals surface area contributed by atoms with Gasteiger partial charge in [0.15, 0.2) is 5.78 Å². The molecular weight excluding hydrogens is 276 g/mol. The van der Waals surface area contributed by atoms with Gasteiger partial charge in [0.25, 0.3) is 0 Å². The molecule has 1 aliphatic carbocycles. The van der Waals surface area contributed by atoms with Crippen molar-refractivity contribution in [1.29, 1.82) is 0 Å². The molecule has 0 amide bonds. The Morgan fingerprint density at radius 1 is 1.23 bits per heavy atom. The highest BCUT2D eigenvalue weighted by molar-refractivity contribution is 5.87. The second-order valence-electron chi connectivity index (χ2n) is 6.13. The number of anilines is 1. The van der Waals surface area contributed by atoms with Gasteiger partial charge < -0.3 is 15.0 Å². The van der Waals surface area contributed by atoms with Crippen LogP contribution >= 0.6 is 0 Å². The van der Waals surface area contributed by atoms with Crippen LogP contribution in [0.5, 0.6) is 0 Å². The van der Waals surface area contributed by atoms with Crippen LogP contribution in [0.25, 0.3) is 0 Å². The number of benzene rings is 1. The Bertz CT molecular complexity index is 533. The first-order chi connectivity index (χ1) is 10.7. The summed E-state index contributed by atoms with van der Waals surface area (Å²) >= 11 is 0. The second kappa shape index (κ2) is 7.07. The number of ether oxygens (including phenoxy) is 1. The summed E-state index contributed by atoms with van der Waals surface area (Å²) in [5.74, 6) is 0.279. The van der Waals surface area contributed by atoms with Crippen LogP contribution in [0.2, 0.25) is 0 Å². The number of morpholine rings is 1. The average molecular weight is 300 g/mol. The van der Waals surface area contributed by atoms with Gasteiger partial charge in [-0.3, -0.25) is 4.79 Å². The van der Waals surface area contributed by atoms with Crippen molar-refractivity contribution in [3.05, 3.63) is 42.0 Å². The molecule has 1 aromatic rings. The van der Waals surface area contributed by atoms with E-state index in [2.05, 4.69) is 41.1 Å². The highest BCUT2D eigenvalue weighted by Crippen LogP contribution is 2.20. The zero-order chi connectivity index (χ0) is 15.4. The van der Waals surface area contributed by atoms with Gasteiger partial charge in [0.2, 0.25) is 0 Å². The number of hydrogen-bond donors (Lipinski definition) is 1. The summed E-state index contributed by atoms with van der Waals surface area (Å²) in [5, 5.41) is 3.38. The maximum atomic E-state index is 11.9. The lowest BCUT2D eigenvalue weighted by Crippen LogP contribution is -2.38. The van der Waals surface area contributed by atoms with Gasteiger partial charge in [-0.15, -0.1) is 0 Å². The number of hydrogen-bond acceptors (Lipinski definition) is 4. The van der Waals surface area contributed by atoms with E-state index in [-0.39, 0.29) is 11.8 Å². The van der Waals surface area contributed by atoms with E-state index in [4.69, 9.17) is 4.74 Å². The maximum absolute atomic E-state index is 11.9. The summed E-state index contributed by atoms with van der Waals surface area (Å²) in [7, 11) is 0. The highest BCUT2D eigenvalue weighted by atomic mass is 16.5. The Hall–Kier alpha value is -1.65. The van der Waals surface area contributed by atoms with Crippen LogP contribution in [0.3, 0.4) is 0 Å². The van der Waals surface area contributed by atoms with E-state index in [1.807, 2.05) is 0 Å². The molecule has 1 aliphatic heterocycles. The first-order valence-corrected chi connectivity index (χ1v) is 8.07. The monoisotopic (exact) mass is 300 g/mol. The van der Waals surface area contributed by atoms with Crippen molar-refractivity contribution in [2.75, 3.05) is 31.2 Å². The number of allylic oxidation sites excluding steroid dienone is 1. The topological polar surface area (TPSA) is 41.6 Å². The number of nitrogens with one attached hydrogen (secondary N) is 1. The molecule has 4 nitrogen and oxygen atoms in total. The molecule has 22 heavy (non-hydrogen) atoms. The molecule has 1 saturated heterocycles. The fourth-order valence-electron chi connectivity index (χ4n) is 3.07. The van der Waals surface area contributed by atoms with Gasteiger partial charge in [-0.25, -0.2) is 0 Å². The van der Waals surface area contributed by atoms with Crippen LogP contribution in [0, 0.1) is 0 Å². The Kier molecular flexibility index (Phi) is 4.90. The van der Waals surface area contributed by atoms with Crippen LogP contribution in [0.4, 0.5) is 5.69 Å². The van der Waals surface area contributed by atoms with Crippen molar-refractivity contribution in [1.82, 2.24) is 5.32 Å². The van der Waals surface area contributed by atoms with E-state index < -0.39 is 0 Å². The van der Waals surface area contributed by atoms with Crippen LogP contribution in [-0.2, 0) is 16.1 Å². The molecule has 0 radical (unpaired) electrons. The minimum absolute atomic E-state index is 0.00980. The van der Waals surface area contributed by atoms with Crippen molar-refractivity contribution in [3.8, 4) is 0 Å². The average Bonchev–Trinajstić information content (AvgIpc) is 2.55. The lowest BCUT2D eigenvalue weighted by atomic mass is 9.90. The number of carbonyl (C=O) groups is 1. The van der Waals surface area contributed by atoms with E-state index >= 15 is 0 Å². The summed E-state index contributed by atoms with van der Waals surface area (Å²) < 4.78 is 5.38. The Balaban J connectivity index is 1.52. The van der Waals surface area contributed by atoms with E-state index in [1.165, 1.54) is 11.3 Å². The van der Waals surface area contributed by atoms with Crippen molar-refractivity contribution in [2.24, 2.45) is 0 Å². The quantitative estimate of drug-likeness (QED) is 0.866. The van der Waals surface area contributed by atoms with Gasteiger partial charge in [-0.05, 0) is 30.5 Å². The van der Waals surface area contributed by atoms with Crippen LogP contribution < -0.4 is 10.2 Å². The number of carbonyl (C=O) groups excluding carboxylic acids is 1. The lowest BCUT2D eigenvalue weighted by molar-refractivity contribution is -0.121.